The number of hydrogen-bond acceptors (Lipinski definition) is 3. The first-order valence-corrected chi connectivity index (χ1v) is 2.82. The average Bonchev–Trinajstić information content (AvgIpc) is 1.88. The van der Waals surface area contributed by atoms with Crippen LogP contribution in [-0.4, -0.2) is 23.7 Å². The van der Waals surface area contributed by atoms with E-state index in [0.717, 1.165) is 0 Å². The van der Waals surface area contributed by atoms with Gasteiger partial charge < -0.3 is 16.6 Å². The van der Waals surface area contributed by atoms with E-state index in [1.807, 2.05) is 0 Å². The summed E-state index contributed by atoms with van der Waals surface area (Å²) in [5, 5.41) is 8.26. The van der Waals surface area contributed by atoms with Crippen LogP contribution in [0.5, 0.6) is 0 Å². The predicted octanol–water partition coefficient (Wildman–Crippen LogP) is -1.25. The van der Waals surface area contributed by atoms with Gasteiger partial charge in [0.1, 0.15) is 6.04 Å². The molecule has 0 saturated heterocycles. The molecule has 5 N–H and O–H groups in total. The molecular formula is C6H10N2O2. The molecule has 0 amide bonds. The van der Waals surface area contributed by atoms with E-state index in [1.54, 1.807) is 0 Å². The molecule has 0 aromatic carbocycles. The number of rotatable bonds is 2. The van der Waals surface area contributed by atoms with Gasteiger partial charge in [-0.05, 0) is 0 Å². The van der Waals surface area contributed by atoms with Gasteiger partial charge in [-0.2, -0.15) is 0 Å². The van der Waals surface area contributed by atoms with Gasteiger partial charge >= 0.3 is 5.97 Å². The van der Waals surface area contributed by atoms with Crippen LogP contribution in [0.3, 0.4) is 0 Å². The summed E-state index contributed by atoms with van der Waals surface area (Å²) in [6, 6.07) is -0.890. The molecule has 1 atom stereocenters. The summed E-state index contributed by atoms with van der Waals surface area (Å²) < 4.78 is 0. The lowest BCUT2D eigenvalue weighted by Gasteiger charge is -1.97. The third-order valence-electron chi connectivity index (χ3n) is 0.866. The molecule has 0 aromatic rings. The maximum Gasteiger partial charge on any atom is 0.321 e. The van der Waals surface area contributed by atoms with Crippen LogP contribution in [0.2, 0.25) is 0 Å². The first-order valence-electron chi connectivity index (χ1n) is 2.82. The van der Waals surface area contributed by atoms with Crippen molar-refractivity contribution in [2.45, 2.75) is 12.5 Å². The zero-order valence-electron chi connectivity index (χ0n) is 5.50. The smallest absolute Gasteiger partial charge is 0.321 e. The van der Waals surface area contributed by atoms with Gasteiger partial charge in [0.15, 0.2) is 0 Å². The highest BCUT2D eigenvalue weighted by molar-refractivity contribution is 5.73. The Hall–Kier alpha value is -1.05. The standard InChI is InChI=1S/C6H10N2O2/c7-4-2-1-3-5(8)6(9)10/h5H,3-4,7-8H2,(H,9,10)/t5-/m0/s1. The van der Waals surface area contributed by atoms with Gasteiger partial charge in [-0.15, -0.1) is 0 Å². The summed E-state index contributed by atoms with van der Waals surface area (Å²) in [7, 11) is 0. The number of carbonyl (C=O) groups is 1. The van der Waals surface area contributed by atoms with E-state index in [1.165, 1.54) is 0 Å². The van der Waals surface area contributed by atoms with Gasteiger partial charge in [0.25, 0.3) is 0 Å². The highest BCUT2D eigenvalue weighted by Gasteiger charge is 2.07. The summed E-state index contributed by atoms with van der Waals surface area (Å²) in [6.07, 6.45) is 0.159. The van der Waals surface area contributed by atoms with E-state index >= 15 is 0 Å². The minimum absolute atomic E-state index is 0.159. The molecule has 0 saturated carbocycles. The molecular weight excluding hydrogens is 132 g/mol. The van der Waals surface area contributed by atoms with E-state index in [9.17, 15) is 4.79 Å². The molecule has 0 aromatic heterocycles. The quantitative estimate of drug-likeness (QED) is 0.420. The van der Waals surface area contributed by atoms with E-state index in [4.69, 9.17) is 16.6 Å². The molecule has 56 valence electrons. The van der Waals surface area contributed by atoms with Crippen molar-refractivity contribution in [3.63, 3.8) is 0 Å². The monoisotopic (exact) mass is 142 g/mol. The topological polar surface area (TPSA) is 89.3 Å². The second-order valence-corrected chi connectivity index (χ2v) is 1.71. The van der Waals surface area contributed by atoms with Gasteiger partial charge in [-0.1, -0.05) is 11.8 Å². The average molecular weight is 142 g/mol. The highest BCUT2D eigenvalue weighted by Crippen LogP contribution is 1.83. The van der Waals surface area contributed by atoms with Crippen LogP contribution in [-0.2, 0) is 4.79 Å². The fraction of sp³-hybridized carbons (Fsp3) is 0.500. The van der Waals surface area contributed by atoms with Gasteiger partial charge in [0, 0.05) is 6.42 Å². The lowest BCUT2D eigenvalue weighted by atomic mass is 10.2. The van der Waals surface area contributed by atoms with Crippen molar-refractivity contribution in [2.75, 3.05) is 6.54 Å². The molecule has 0 spiro atoms. The van der Waals surface area contributed by atoms with Crippen LogP contribution >= 0.6 is 0 Å². The molecule has 0 aliphatic carbocycles. The van der Waals surface area contributed by atoms with Gasteiger partial charge in [-0.25, -0.2) is 0 Å². The van der Waals surface area contributed by atoms with Crippen molar-refractivity contribution in [3.8, 4) is 11.8 Å². The summed E-state index contributed by atoms with van der Waals surface area (Å²) in [6.45, 7) is 0.242. The largest absolute Gasteiger partial charge is 0.480 e. The Morgan fingerprint density at radius 3 is 2.60 bits per heavy atom. The van der Waals surface area contributed by atoms with Gasteiger partial charge in [-0.3, -0.25) is 4.79 Å². The third kappa shape index (κ3) is 3.89. The minimum atomic E-state index is -1.04. The van der Waals surface area contributed by atoms with Gasteiger partial charge in [0.05, 0.1) is 6.54 Å². The molecule has 0 aliphatic heterocycles. The van der Waals surface area contributed by atoms with Crippen LogP contribution in [0.25, 0.3) is 0 Å². The van der Waals surface area contributed by atoms with Crippen molar-refractivity contribution in [1.29, 1.82) is 0 Å². The van der Waals surface area contributed by atoms with E-state index in [0.29, 0.717) is 0 Å². The highest BCUT2D eigenvalue weighted by atomic mass is 16.4. The lowest BCUT2D eigenvalue weighted by molar-refractivity contribution is -0.138. The predicted molar refractivity (Wildman–Crippen MR) is 37.1 cm³/mol. The number of nitrogens with two attached hydrogens (primary N) is 2. The molecule has 0 heterocycles. The molecule has 4 nitrogen and oxygen atoms in total. The van der Waals surface area contributed by atoms with E-state index in [-0.39, 0.29) is 13.0 Å². The van der Waals surface area contributed by atoms with Gasteiger partial charge in [0.2, 0.25) is 0 Å². The Labute approximate surface area is 59.2 Å². The van der Waals surface area contributed by atoms with Crippen molar-refractivity contribution in [3.05, 3.63) is 0 Å². The fourth-order valence-electron chi connectivity index (χ4n) is 0.342. The Balaban J connectivity index is 3.58. The SMILES string of the molecule is NCC#CC[C@H](N)C(=O)O. The lowest BCUT2D eigenvalue weighted by Crippen LogP contribution is -2.29. The molecule has 10 heavy (non-hydrogen) atoms. The first-order chi connectivity index (χ1) is 4.68. The number of aliphatic carboxylic acids is 1. The normalized spacial score (nSPS) is 11.4. The van der Waals surface area contributed by atoms with Crippen LogP contribution in [0.1, 0.15) is 6.42 Å². The Morgan fingerprint density at radius 2 is 2.20 bits per heavy atom. The number of carboxylic acid groups (broad SMARTS) is 1. The van der Waals surface area contributed by atoms with Crippen LogP contribution in [0.4, 0.5) is 0 Å². The van der Waals surface area contributed by atoms with E-state index < -0.39 is 12.0 Å². The zero-order valence-corrected chi connectivity index (χ0v) is 5.50. The summed E-state index contributed by atoms with van der Waals surface area (Å²) in [5.74, 6) is 4.02. The fourth-order valence-corrected chi connectivity index (χ4v) is 0.342. The van der Waals surface area contributed by atoms with Crippen molar-refractivity contribution >= 4 is 5.97 Å². The van der Waals surface area contributed by atoms with Crippen LogP contribution < -0.4 is 11.5 Å². The molecule has 0 fully saturated rings. The summed E-state index contributed by atoms with van der Waals surface area (Å²) in [5.41, 5.74) is 10.1. The third-order valence-corrected chi connectivity index (χ3v) is 0.866. The van der Waals surface area contributed by atoms with Crippen molar-refractivity contribution in [2.24, 2.45) is 11.5 Å². The Bertz CT molecular complexity index is 168. The second-order valence-electron chi connectivity index (χ2n) is 1.71. The second kappa shape index (κ2) is 4.79. The van der Waals surface area contributed by atoms with Crippen molar-refractivity contribution < 1.29 is 9.90 Å². The summed E-state index contributed by atoms with van der Waals surface area (Å²) >= 11 is 0. The maximum absolute atomic E-state index is 10.1. The van der Waals surface area contributed by atoms with Crippen molar-refractivity contribution in [1.82, 2.24) is 0 Å². The van der Waals surface area contributed by atoms with Crippen LogP contribution in [0.15, 0.2) is 0 Å². The Morgan fingerprint density at radius 1 is 1.60 bits per heavy atom. The van der Waals surface area contributed by atoms with Crippen LogP contribution in [0, 0.1) is 11.8 Å². The molecule has 0 bridgehead atoms. The molecule has 0 radical (unpaired) electrons. The minimum Gasteiger partial charge on any atom is -0.480 e. The van der Waals surface area contributed by atoms with E-state index in [2.05, 4.69) is 11.8 Å². The number of carboxylic acids is 1. The maximum atomic E-state index is 10.1. The molecule has 0 rings (SSSR count). The molecule has 0 aliphatic rings. The summed E-state index contributed by atoms with van der Waals surface area (Å²) in [4.78, 5) is 10.1. The zero-order chi connectivity index (χ0) is 7.98. The first kappa shape index (κ1) is 8.95. The Kier molecular flexibility index (Phi) is 4.29. The number of hydrogen-bond donors (Lipinski definition) is 3. The molecule has 0 unspecified atom stereocenters. The molecule has 4 heteroatoms.